The highest BCUT2D eigenvalue weighted by Crippen LogP contribution is 2.25. The Hall–Kier alpha value is -1.55. The molecule has 1 amide bonds. The summed E-state index contributed by atoms with van der Waals surface area (Å²) < 4.78 is 5.40. The summed E-state index contributed by atoms with van der Waals surface area (Å²) in [6.07, 6.45) is 1.72. The lowest BCUT2D eigenvalue weighted by Gasteiger charge is -2.14. The maximum Gasteiger partial charge on any atom is 0.251 e. The molecule has 0 radical (unpaired) electrons. The number of hydrogen-bond donors (Lipinski definition) is 2. The predicted octanol–water partition coefficient (Wildman–Crippen LogP) is 1.09. The van der Waals surface area contributed by atoms with Gasteiger partial charge in [-0.15, -0.1) is 0 Å². The lowest BCUT2D eigenvalue weighted by Crippen LogP contribution is -2.39. The van der Waals surface area contributed by atoms with Gasteiger partial charge in [0.05, 0.1) is 6.61 Å². The van der Waals surface area contributed by atoms with Crippen LogP contribution < -0.4 is 15.8 Å². The van der Waals surface area contributed by atoms with Crippen molar-refractivity contribution < 1.29 is 9.53 Å². The van der Waals surface area contributed by atoms with E-state index in [1.54, 1.807) is 6.07 Å². The number of amides is 1. The summed E-state index contributed by atoms with van der Waals surface area (Å²) in [4.78, 5) is 12.0. The Morgan fingerprint density at radius 2 is 2.41 bits per heavy atom. The highest BCUT2D eigenvalue weighted by atomic mass is 16.5. The van der Waals surface area contributed by atoms with E-state index in [1.807, 2.05) is 19.1 Å². The van der Waals surface area contributed by atoms with Gasteiger partial charge in [-0.2, -0.15) is 0 Å². The average Bonchev–Trinajstić information content (AvgIpc) is 2.82. The van der Waals surface area contributed by atoms with E-state index in [9.17, 15) is 4.79 Å². The van der Waals surface area contributed by atoms with Gasteiger partial charge in [-0.05, 0) is 30.2 Å². The number of rotatable bonds is 4. The molecule has 1 aliphatic heterocycles. The average molecular weight is 234 g/mol. The first-order valence-electron chi connectivity index (χ1n) is 6.01. The molecule has 1 unspecified atom stereocenters. The first-order chi connectivity index (χ1) is 8.24. The summed E-state index contributed by atoms with van der Waals surface area (Å²) in [7, 11) is 0. The SMILES string of the molecule is CCC(CN)NC(=O)c1ccc2c(c1)CCO2. The monoisotopic (exact) mass is 234 g/mol. The van der Waals surface area contributed by atoms with Gasteiger partial charge in [0.25, 0.3) is 5.91 Å². The summed E-state index contributed by atoms with van der Waals surface area (Å²) in [6, 6.07) is 5.61. The minimum Gasteiger partial charge on any atom is -0.493 e. The number of benzene rings is 1. The number of nitrogens with two attached hydrogens (primary N) is 1. The van der Waals surface area contributed by atoms with Crippen molar-refractivity contribution >= 4 is 5.91 Å². The molecule has 3 N–H and O–H groups in total. The Morgan fingerprint density at radius 1 is 1.59 bits per heavy atom. The summed E-state index contributed by atoms with van der Waals surface area (Å²) in [6.45, 7) is 3.19. The first-order valence-corrected chi connectivity index (χ1v) is 6.01. The molecule has 2 rings (SSSR count). The van der Waals surface area contributed by atoms with E-state index in [0.29, 0.717) is 18.7 Å². The van der Waals surface area contributed by atoms with Crippen molar-refractivity contribution in [1.82, 2.24) is 5.32 Å². The van der Waals surface area contributed by atoms with Gasteiger partial charge in [0.1, 0.15) is 5.75 Å². The van der Waals surface area contributed by atoms with Crippen molar-refractivity contribution in [2.75, 3.05) is 13.2 Å². The molecule has 0 spiro atoms. The zero-order valence-corrected chi connectivity index (χ0v) is 10.0. The maximum absolute atomic E-state index is 12.0. The van der Waals surface area contributed by atoms with Gasteiger partial charge >= 0.3 is 0 Å². The fourth-order valence-electron chi connectivity index (χ4n) is 1.92. The van der Waals surface area contributed by atoms with Crippen LogP contribution in [-0.2, 0) is 6.42 Å². The Bertz CT molecular complexity index is 414. The summed E-state index contributed by atoms with van der Waals surface area (Å²) in [5, 5.41) is 2.92. The van der Waals surface area contributed by atoms with E-state index in [1.165, 1.54) is 0 Å². The van der Waals surface area contributed by atoms with E-state index in [4.69, 9.17) is 10.5 Å². The van der Waals surface area contributed by atoms with E-state index >= 15 is 0 Å². The molecule has 0 aromatic heterocycles. The van der Waals surface area contributed by atoms with Crippen molar-refractivity contribution in [2.24, 2.45) is 5.73 Å². The highest BCUT2D eigenvalue weighted by Gasteiger charge is 2.16. The number of ether oxygens (including phenoxy) is 1. The van der Waals surface area contributed by atoms with E-state index < -0.39 is 0 Å². The minimum atomic E-state index is -0.0583. The number of fused-ring (bicyclic) bond motifs is 1. The first kappa shape index (κ1) is 11.9. The molecule has 1 aromatic rings. The van der Waals surface area contributed by atoms with Crippen LogP contribution >= 0.6 is 0 Å². The summed E-state index contributed by atoms with van der Waals surface area (Å²) >= 11 is 0. The van der Waals surface area contributed by atoms with Gasteiger partial charge in [0.2, 0.25) is 0 Å². The van der Waals surface area contributed by atoms with Gasteiger partial charge in [-0.25, -0.2) is 0 Å². The van der Waals surface area contributed by atoms with Gasteiger partial charge in [0.15, 0.2) is 0 Å². The van der Waals surface area contributed by atoms with Gasteiger partial charge < -0.3 is 15.8 Å². The Morgan fingerprint density at radius 3 is 3.12 bits per heavy atom. The molecule has 4 nitrogen and oxygen atoms in total. The van der Waals surface area contributed by atoms with Gasteiger partial charge in [-0.3, -0.25) is 4.79 Å². The van der Waals surface area contributed by atoms with Gasteiger partial charge in [-0.1, -0.05) is 6.92 Å². The molecular formula is C13H18N2O2. The fourth-order valence-corrected chi connectivity index (χ4v) is 1.92. The molecule has 0 bridgehead atoms. The molecule has 4 heteroatoms. The minimum absolute atomic E-state index is 0.0482. The van der Waals surface area contributed by atoms with E-state index in [2.05, 4.69) is 5.32 Å². The fraction of sp³-hybridized carbons (Fsp3) is 0.462. The van der Waals surface area contributed by atoms with Crippen LogP contribution in [0.2, 0.25) is 0 Å². The quantitative estimate of drug-likeness (QED) is 0.819. The van der Waals surface area contributed by atoms with Crippen LogP contribution in [0.1, 0.15) is 29.3 Å². The van der Waals surface area contributed by atoms with Crippen LogP contribution in [0.4, 0.5) is 0 Å². The van der Waals surface area contributed by atoms with Crippen LogP contribution in [0.25, 0.3) is 0 Å². The highest BCUT2D eigenvalue weighted by molar-refractivity contribution is 5.94. The molecule has 1 aliphatic rings. The molecule has 17 heavy (non-hydrogen) atoms. The molecule has 0 saturated heterocycles. The van der Waals surface area contributed by atoms with Crippen LogP contribution in [0.3, 0.4) is 0 Å². The third kappa shape index (κ3) is 2.58. The third-order valence-electron chi connectivity index (χ3n) is 3.06. The lowest BCUT2D eigenvalue weighted by atomic mass is 10.1. The van der Waals surface area contributed by atoms with Crippen LogP contribution in [0, 0.1) is 0 Å². The molecule has 1 atom stereocenters. The largest absolute Gasteiger partial charge is 0.493 e. The third-order valence-corrected chi connectivity index (χ3v) is 3.06. The van der Waals surface area contributed by atoms with E-state index in [-0.39, 0.29) is 11.9 Å². The second kappa shape index (κ2) is 5.19. The number of nitrogens with one attached hydrogen (secondary N) is 1. The van der Waals surface area contributed by atoms with Crippen LogP contribution in [0.5, 0.6) is 5.75 Å². The summed E-state index contributed by atoms with van der Waals surface area (Å²) in [5.74, 6) is 0.837. The Kier molecular flexibility index (Phi) is 3.64. The molecule has 92 valence electrons. The Balaban J connectivity index is 2.09. The second-order valence-electron chi connectivity index (χ2n) is 4.24. The molecule has 1 heterocycles. The topological polar surface area (TPSA) is 64.3 Å². The number of carbonyl (C=O) groups is 1. The molecular weight excluding hydrogens is 216 g/mol. The van der Waals surface area contributed by atoms with E-state index in [0.717, 1.165) is 24.2 Å². The predicted molar refractivity (Wildman–Crippen MR) is 66.2 cm³/mol. The molecule has 0 fully saturated rings. The van der Waals surface area contributed by atoms with Crippen molar-refractivity contribution in [3.05, 3.63) is 29.3 Å². The second-order valence-corrected chi connectivity index (χ2v) is 4.24. The zero-order chi connectivity index (χ0) is 12.3. The Labute approximate surface area is 101 Å². The smallest absolute Gasteiger partial charge is 0.251 e. The van der Waals surface area contributed by atoms with Crippen LogP contribution in [-0.4, -0.2) is 25.1 Å². The number of hydrogen-bond acceptors (Lipinski definition) is 3. The van der Waals surface area contributed by atoms with Crippen LogP contribution in [0.15, 0.2) is 18.2 Å². The molecule has 0 saturated carbocycles. The number of carbonyl (C=O) groups excluding carboxylic acids is 1. The standard InChI is InChI=1S/C13H18N2O2/c1-2-11(8-14)15-13(16)10-3-4-12-9(7-10)5-6-17-12/h3-4,7,11H,2,5-6,8,14H2,1H3,(H,15,16). The molecule has 0 aliphatic carbocycles. The van der Waals surface area contributed by atoms with Crippen molar-refractivity contribution in [3.8, 4) is 5.75 Å². The van der Waals surface area contributed by atoms with Crippen molar-refractivity contribution in [2.45, 2.75) is 25.8 Å². The molecule has 1 aromatic carbocycles. The maximum atomic E-state index is 12.0. The zero-order valence-electron chi connectivity index (χ0n) is 10.0. The van der Waals surface area contributed by atoms with Gasteiger partial charge in [0, 0.05) is 24.6 Å². The lowest BCUT2D eigenvalue weighted by molar-refractivity contribution is 0.0937. The summed E-state index contributed by atoms with van der Waals surface area (Å²) in [5.41, 5.74) is 7.36. The van der Waals surface area contributed by atoms with Crippen molar-refractivity contribution in [1.29, 1.82) is 0 Å². The van der Waals surface area contributed by atoms with Crippen molar-refractivity contribution in [3.63, 3.8) is 0 Å². The normalized spacial score (nSPS) is 14.9.